The Balaban J connectivity index is 1.38. The van der Waals surface area contributed by atoms with E-state index in [0.717, 1.165) is 40.8 Å². The quantitative estimate of drug-likeness (QED) is 0.357. The fraction of sp³-hybridized carbons (Fsp3) is 0.296. The summed E-state index contributed by atoms with van der Waals surface area (Å²) in [6.07, 6.45) is 1.61. The predicted octanol–water partition coefficient (Wildman–Crippen LogP) is 4.56. The summed E-state index contributed by atoms with van der Waals surface area (Å²) in [7, 11) is 3.43. The number of hydrogen-bond donors (Lipinski definition) is 1. The summed E-state index contributed by atoms with van der Waals surface area (Å²) >= 11 is 1.52. The molecule has 0 unspecified atom stereocenters. The molecular weight excluding hydrogens is 474 g/mol. The van der Waals surface area contributed by atoms with Crippen LogP contribution in [0.15, 0.2) is 70.7 Å². The van der Waals surface area contributed by atoms with Crippen molar-refractivity contribution in [1.29, 1.82) is 5.26 Å². The molecule has 36 heavy (non-hydrogen) atoms. The molecule has 0 saturated heterocycles. The van der Waals surface area contributed by atoms with Crippen molar-refractivity contribution in [3.8, 4) is 12.1 Å². The lowest BCUT2D eigenvalue weighted by atomic mass is 10.1. The van der Waals surface area contributed by atoms with Gasteiger partial charge in [-0.1, -0.05) is 48.2 Å². The number of thioether (sulfide) groups is 1. The first kappa shape index (κ1) is 25.7. The van der Waals surface area contributed by atoms with Gasteiger partial charge in [0.25, 0.3) is 0 Å². The number of fused-ring (bicyclic) bond motifs is 1. The average Bonchev–Trinajstić information content (AvgIpc) is 3.34. The van der Waals surface area contributed by atoms with Crippen molar-refractivity contribution in [2.75, 3.05) is 45.8 Å². The Morgan fingerprint density at radius 1 is 1.00 bits per heavy atom. The van der Waals surface area contributed by atoms with Gasteiger partial charge in [0.05, 0.1) is 29.6 Å². The molecule has 3 aromatic rings. The first-order valence-corrected chi connectivity index (χ1v) is 12.4. The van der Waals surface area contributed by atoms with Crippen LogP contribution in [-0.4, -0.2) is 55.4 Å². The molecule has 2 heterocycles. The van der Waals surface area contributed by atoms with Crippen molar-refractivity contribution in [2.24, 2.45) is 0 Å². The molecule has 9 heteroatoms. The zero-order chi connectivity index (χ0) is 25.2. The first-order valence-electron chi connectivity index (χ1n) is 11.6. The number of allylic oxidation sites excluding steroid dienone is 1. The van der Waals surface area contributed by atoms with Crippen LogP contribution < -0.4 is 10.1 Å². The van der Waals surface area contributed by atoms with Gasteiger partial charge in [-0.25, -0.2) is 4.98 Å². The average molecular weight is 504 g/mol. The standard InChI is InChI=1S/C27H29N5O3S/c1-33-15-13-32(14-16-34-2)18-20-7-9-21(10-8-20)19-35-27-29-12-11-23(31-27)22(17-28)26-30-24-5-3-4-6-25(24)36-26/h3-12,30H,13-16,18-19H2,1-2H3/b26-22-. The lowest BCUT2D eigenvalue weighted by Gasteiger charge is -2.21. The number of nitrogens with zero attached hydrogens (tertiary/aromatic N) is 4. The molecule has 0 saturated carbocycles. The van der Waals surface area contributed by atoms with E-state index in [1.807, 2.05) is 36.4 Å². The smallest absolute Gasteiger partial charge is 0.317 e. The highest BCUT2D eigenvalue weighted by atomic mass is 32.2. The Hall–Kier alpha value is -3.42. The molecule has 0 fully saturated rings. The van der Waals surface area contributed by atoms with Crippen LogP contribution in [0, 0.1) is 11.3 Å². The van der Waals surface area contributed by atoms with Crippen LogP contribution in [0.2, 0.25) is 0 Å². The minimum absolute atomic E-state index is 0.232. The highest BCUT2D eigenvalue weighted by Crippen LogP contribution is 2.43. The molecular formula is C27H29N5O3S. The second kappa shape index (κ2) is 13.0. The van der Waals surface area contributed by atoms with Crippen LogP contribution in [0.1, 0.15) is 16.8 Å². The van der Waals surface area contributed by atoms with E-state index >= 15 is 0 Å². The van der Waals surface area contributed by atoms with Gasteiger partial charge in [0.15, 0.2) is 0 Å². The van der Waals surface area contributed by atoms with Crippen molar-refractivity contribution in [3.63, 3.8) is 0 Å². The molecule has 1 N–H and O–H groups in total. The number of nitrogens with one attached hydrogen (secondary N) is 1. The maximum Gasteiger partial charge on any atom is 0.317 e. The second-order valence-electron chi connectivity index (χ2n) is 8.13. The first-order chi connectivity index (χ1) is 17.7. The Kier molecular flexibility index (Phi) is 9.30. The Bertz CT molecular complexity index is 1190. The molecule has 1 aromatic heterocycles. The van der Waals surface area contributed by atoms with Crippen LogP contribution in [-0.2, 0) is 22.6 Å². The summed E-state index contributed by atoms with van der Waals surface area (Å²) in [6.45, 7) is 4.21. The molecule has 1 aliphatic heterocycles. The molecule has 4 rings (SSSR count). The van der Waals surface area contributed by atoms with Gasteiger partial charge in [0.2, 0.25) is 0 Å². The number of aromatic nitrogens is 2. The second-order valence-corrected chi connectivity index (χ2v) is 9.18. The number of hydrogen-bond acceptors (Lipinski definition) is 9. The van der Waals surface area contributed by atoms with Gasteiger partial charge < -0.3 is 19.5 Å². The summed E-state index contributed by atoms with van der Waals surface area (Å²) in [6, 6.07) is 20.5. The zero-order valence-corrected chi connectivity index (χ0v) is 21.3. The van der Waals surface area contributed by atoms with E-state index in [1.165, 1.54) is 17.3 Å². The van der Waals surface area contributed by atoms with E-state index in [-0.39, 0.29) is 6.01 Å². The number of benzene rings is 2. The van der Waals surface area contributed by atoms with Crippen LogP contribution >= 0.6 is 11.8 Å². The van der Waals surface area contributed by atoms with Crippen LogP contribution in [0.3, 0.4) is 0 Å². The number of methoxy groups -OCH3 is 2. The van der Waals surface area contributed by atoms with Crippen molar-refractivity contribution >= 4 is 23.0 Å². The van der Waals surface area contributed by atoms with Crippen molar-refractivity contribution in [2.45, 2.75) is 18.0 Å². The Labute approximate surface area is 215 Å². The molecule has 8 nitrogen and oxygen atoms in total. The molecule has 0 spiro atoms. The summed E-state index contributed by atoms with van der Waals surface area (Å²) in [4.78, 5) is 12.1. The molecule has 0 radical (unpaired) electrons. The third-order valence-corrected chi connectivity index (χ3v) is 6.68. The van der Waals surface area contributed by atoms with E-state index in [0.29, 0.717) is 31.1 Å². The number of para-hydroxylation sites is 1. The van der Waals surface area contributed by atoms with E-state index in [2.05, 4.69) is 38.4 Å². The molecule has 2 aromatic carbocycles. The van der Waals surface area contributed by atoms with Gasteiger partial charge in [-0.2, -0.15) is 10.2 Å². The van der Waals surface area contributed by atoms with Crippen molar-refractivity contribution < 1.29 is 14.2 Å². The monoisotopic (exact) mass is 503 g/mol. The zero-order valence-electron chi connectivity index (χ0n) is 20.4. The summed E-state index contributed by atoms with van der Waals surface area (Å²) in [5, 5.41) is 13.9. The van der Waals surface area contributed by atoms with E-state index in [4.69, 9.17) is 14.2 Å². The maximum atomic E-state index is 9.82. The summed E-state index contributed by atoms with van der Waals surface area (Å²) < 4.78 is 16.3. The molecule has 186 valence electrons. The number of anilines is 1. The third-order valence-electron chi connectivity index (χ3n) is 5.60. The van der Waals surface area contributed by atoms with Gasteiger partial charge in [0.1, 0.15) is 18.2 Å². The van der Waals surface area contributed by atoms with Gasteiger partial charge in [-0.3, -0.25) is 4.90 Å². The number of rotatable bonds is 12. The van der Waals surface area contributed by atoms with Gasteiger partial charge in [0, 0.05) is 44.9 Å². The van der Waals surface area contributed by atoms with Gasteiger partial charge >= 0.3 is 6.01 Å². The summed E-state index contributed by atoms with van der Waals surface area (Å²) in [5.41, 5.74) is 4.18. The molecule has 1 aliphatic rings. The highest BCUT2D eigenvalue weighted by molar-refractivity contribution is 8.04. The SMILES string of the molecule is COCCN(CCOC)Cc1ccc(COc2nccc(/C(C#N)=C3/Nc4ccccc4S3)n2)cc1. The normalized spacial score (nSPS) is 13.7. The Morgan fingerprint density at radius 3 is 2.42 bits per heavy atom. The van der Waals surface area contributed by atoms with Crippen molar-refractivity contribution in [1.82, 2.24) is 14.9 Å². The fourth-order valence-electron chi connectivity index (χ4n) is 3.66. The van der Waals surface area contributed by atoms with Crippen molar-refractivity contribution in [3.05, 3.63) is 82.6 Å². The molecule has 0 amide bonds. The molecule has 0 bridgehead atoms. The van der Waals surface area contributed by atoms with Crippen LogP contribution in [0.25, 0.3) is 5.57 Å². The lowest BCUT2D eigenvalue weighted by Crippen LogP contribution is -2.30. The molecule has 0 aliphatic carbocycles. The van der Waals surface area contributed by atoms with E-state index in [1.54, 1.807) is 26.5 Å². The maximum absolute atomic E-state index is 9.82. The van der Waals surface area contributed by atoms with Gasteiger partial charge in [-0.05, 0) is 29.3 Å². The highest BCUT2D eigenvalue weighted by Gasteiger charge is 2.21. The van der Waals surface area contributed by atoms with Gasteiger partial charge in [-0.15, -0.1) is 0 Å². The van der Waals surface area contributed by atoms with Crippen LogP contribution in [0.5, 0.6) is 6.01 Å². The topological polar surface area (TPSA) is 92.5 Å². The van der Waals surface area contributed by atoms with Crippen LogP contribution in [0.4, 0.5) is 5.69 Å². The third kappa shape index (κ3) is 6.83. The summed E-state index contributed by atoms with van der Waals surface area (Å²) in [5.74, 6) is 0. The minimum Gasteiger partial charge on any atom is -0.459 e. The Morgan fingerprint density at radius 2 is 1.72 bits per heavy atom. The molecule has 0 atom stereocenters. The largest absolute Gasteiger partial charge is 0.459 e. The minimum atomic E-state index is 0.232. The predicted molar refractivity (Wildman–Crippen MR) is 140 cm³/mol. The number of nitriles is 1. The fourth-order valence-corrected chi connectivity index (χ4v) is 4.67. The lowest BCUT2D eigenvalue weighted by molar-refractivity contribution is 0.110. The number of ether oxygens (including phenoxy) is 3. The van der Waals surface area contributed by atoms with E-state index in [9.17, 15) is 5.26 Å². The van der Waals surface area contributed by atoms with E-state index < -0.39 is 0 Å².